The molecular formula is C29H31ClN6O3S. The molecule has 4 aromatic rings. The Morgan fingerprint density at radius 1 is 1.00 bits per heavy atom. The van der Waals surface area contributed by atoms with Gasteiger partial charge < -0.3 is 16.0 Å². The Balaban J connectivity index is 1.27. The lowest BCUT2D eigenvalue weighted by atomic mass is 9.91. The van der Waals surface area contributed by atoms with Crippen LogP contribution in [0.5, 0.6) is 0 Å². The number of nitrogens with zero attached hydrogens (tertiary/aromatic N) is 3. The number of hydrogen-bond acceptors (Lipinski definition) is 7. The van der Waals surface area contributed by atoms with Crippen LogP contribution in [0.2, 0.25) is 5.02 Å². The minimum absolute atomic E-state index is 0.0787. The third-order valence-electron chi connectivity index (χ3n) is 7.71. The van der Waals surface area contributed by atoms with Crippen LogP contribution < -0.4 is 16.0 Å². The zero-order valence-electron chi connectivity index (χ0n) is 21.9. The van der Waals surface area contributed by atoms with E-state index in [0.717, 1.165) is 50.5 Å². The summed E-state index contributed by atoms with van der Waals surface area (Å²) in [6.45, 7) is 0.889. The van der Waals surface area contributed by atoms with Crippen molar-refractivity contribution >= 4 is 44.4 Å². The van der Waals surface area contributed by atoms with E-state index in [9.17, 15) is 13.2 Å². The van der Waals surface area contributed by atoms with Crippen LogP contribution in [0, 0.1) is 0 Å². The molecule has 0 bridgehead atoms. The summed E-state index contributed by atoms with van der Waals surface area (Å²) in [5.74, 6) is 0.492. The number of nitrogens with one attached hydrogen (secondary N) is 3. The quantitative estimate of drug-likeness (QED) is 0.294. The number of amides is 1. The molecule has 2 aromatic heterocycles. The molecule has 1 amide bonds. The number of hydrogen-bond donors (Lipinski definition) is 3. The maximum Gasteiger partial charge on any atom is 0.268 e. The molecule has 3 heterocycles. The molecule has 0 unspecified atom stereocenters. The molecular weight excluding hydrogens is 548 g/mol. The first kappa shape index (κ1) is 26.7. The van der Waals surface area contributed by atoms with Crippen LogP contribution in [0.1, 0.15) is 38.5 Å². The first-order valence-corrected chi connectivity index (χ1v) is 15.5. The van der Waals surface area contributed by atoms with Crippen LogP contribution >= 0.6 is 11.6 Å². The van der Waals surface area contributed by atoms with Crippen molar-refractivity contribution in [1.29, 1.82) is 0 Å². The lowest BCUT2D eigenvalue weighted by Gasteiger charge is -2.31. The molecule has 2 aliphatic rings. The van der Waals surface area contributed by atoms with E-state index in [1.54, 1.807) is 48.7 Å². The molecule has 40 heavy (non-hydrogen) atoms. The number of benzene rings is 2. The van der Waals surface area contributed by atoms with Crippen LogP contribution in [-0.4, -0.2) is 52.9 Å². The van der Waals surface area contributed by atoms with Crippen LogP contribution in [0.3, 0.4) is 0 Å². The minimum atomic E-state index is -3.85. The summed E-state index contributed by atoms with van der Waals surface area (Å²) >= 11 is 6.59. The van der Waals surface area contributed by atoms with Gasteiger partial charge in [0.15, 0.2) is 0 Å². The van der Waals surface area contributed by atoms with Crippen molar-refractivity contribution in [2.45, 2.75) is 61.5 Å². The van der Waals surface area contributed by atoms with E-state index < -0.39 is 10.0 Å². The Hall–Kier alpha value is -3.47. The third-order valence-corrected chi connectivity index (χ3v) is 9.67. The van der Waals surface area contributed by atoms with Gasteiger partial charge in [-0.3, -0.25) is 4.79 Å². The fourth-order valence-corrected chi connectivity index (χ4v) is 7.30. The predicted octanol–water partition coefficient (Wildman–Crippen LogP) is 4.58. The van der Waals surface area contributed by atoms with E-state index in [2.05, 4.69) is 20.9 Å². The summed E-state index contributed by atoms with van der Waals surface area (Å²) in [6, 6.07) is 15.7. The van der Waals surface area contributed by atoms with Crippen molar-refractivity contribution in [2.75, 3.05) is 11.9 Å². The molecule has 11 heteroatoms. The topological polar surface area (TPSA) is 118 Å². The molecule has 1 saturated heterocycles. The van der Waals surface area contributed by atoms with E-state index in [-0.39, 0.29) is 28.9 Å². The van der Waals surface area contributed by atoms with Gasteiger partial charge in [-0.2, -0.15) is 0 Å². The van der Waals surface area contributed by atoms with Gasteiger partial charge in [-0.25, -0.2) is 22.4 Å². The zero-order valence-corrected chi connectivity index (χ0v) is 23.5. The third kappa shape index (κ3) is 5.31. The molecule has 9 nitrogen and oxygen atoms in total. The Morgan fingerprint density at radius 3 is 2.58 bits per heavy atom. The largest absolute Gasteiger partial charge is 0.352 e. The average Bonchev–Trinajstić information content (AvgIpc) is 3.64. The number of halogens is 1. The summed E-state index contributed by atoms with van der Waals surface area (Å²) in [7, 11) is -3.85. The molecule has 0 spiro atoms. The van der Waals surface area contributed by atoms with Crippen LogP contribution in [0.15, 0.2) is 71.9 Å². The van der Waals surface area contributed by atoms with Gasteiger partial charge in [-0.05, 0) is 63.3 Å². The van der Waals surface area contributed by atoms with E-state index in [1.807, 2.05) is 12.1 Å². The number of aromatic nitrogens is 3. The Morgan fingerprint density at radius 2 is 1.77 bits per heavy atom. The van der Waals surface area contributed by atoms with E-state index in [1.165, 1.54) is 10.2 Å². The summed E-state index contributed by atoms with van der Waals surface area (Å²) in [5.41, 5.74) is 1.59. The fourth-order valence-electron chi connectivity index (χ4n) is 5.71. The van der Waals surface area contributed by atoms with Gasteiger partial charge in [-0.1, -0.05) is 48.0 Å². The molecule has 208 valence electrons. The number of rotatable bonds is 7. The van der Waals surface area contributed by atoms with E-state index >= 15 is 0 Å². The zero-order chi connectivity index (χ0) is 27.7. The monoisotopic (exact) mass is 578 g/mol. The van der Waals surface area contributed by atoms with Crippen molar-refractivity contribution < 1.29 is 13.2 Å². The highest BCUT2D eigenvalue weighted by Crippen LogP contribution is 2.36. The second-order valence-electron chi connectivity index (χ2n) is 10.4. The normalized spacial score (nSPS) is 21.4. The molecule has 2 fully saturated rings. The van der Waals surface area contributed by atoms with Crippen LogP contribution in [-0.2, 0) is 14.8 Å². The lowest BCUT2D eigenvalue weighted by Crippen LogP contribution is -2.48. The summed E-state index contributed by atoms with van der Waals surface area (Å²) in [5, 5.41) is 10.9. The molecule has 0 radical (unpaired) electrons. The van der Waals surface area contributed by atoms with Gasteiger partial charge in [0, 0.05) is 29.2 Å². The first-order chi connectivity index (χ1) is 19.4. The van der Waals surface area contributed by atoms with Crippen molar-refractivity contribution in [3.63, 3.8) is 0 Å². The molecule has 1 aliphatic heterocycles. The molecule has 1 saturated carbocycles. The number of para-hydroxylation sites is 1. The molecule has 2 aromatic carbocycles. The number of carbonyl (C=O) groups excluding carboxylic acids is 1. The van der Waals surface area contributed by atoms with Crippen molar-refractivity contribution in [3.05, 3.63) is 72.0 Å². The first-order valence-electron chi connectivity index (χ1n) is 13.6. The van der Waals surface area contributed by atoms with Gasteiger partial charge in [0.05, 0.1) is 33.4 Å². The summed E-state index contributed by atoms with van der Waals surface area (Å²) in [6.07, 6.45) is 8.65. The van der Waals surface area contributed by atoms with Crippen LogP contribution in [0.25, 0.3) is 22.2 Å². The van der Waals surface area contributed by atoms with Gasteiger partial charge in [0.2, 0.25) is 11.9 Å². The highest BCUT2D eigenvalue weighted by atomic mass is 35.5. The molecule has 1 aliphatic carbocycles. The second kappa shape index (κ2) is 11.2. The number of fused-ring (bicyclic) bond motifs is 1. The molecule has 3 atom stereocenters. The van der Waals surface area contributed by atoms with Crippen molar-refractivity contribution in [2.24, 2.45) is 0 Å². The molecule has 6 rings (SSSR count). The SMILES string of the molecule is O=C(N[C@H]1CCC[C@@H](Nc2ncc(Cl)c(-c3cn(S(=O)(=O)c4ccccc4)c4ccccc34)n2)C1)[C@H]1CCCN1. The number of carbonyl (C=O) groups is 1. The standard InChI is InChI=1S/C29H31ClN6O3S/c30-24-17-32-29(34-20-9-6-8-19(16-20)33-28(37)25-13-7-15-31-25)35-27(24)23-18-36(26-14-5-4-12-22(23)26)40(38,39)21-10-2-1-3-11-21/h1-5,10-12,14,17-20,25,31H,6-9,13,15-16H2,(H,33,37)(H,32,34,35)/t19-,20+,25+/m0/s1. The Bertz CT molecular complexity index is 1640. The highest BCUT2D eigenvalue weighted by Gasteiger charge is 2.28. The van der Waals surface area contributed by atoms with Gasteiger partial charge >= 0.3 is 0 Å². The maximum atomic E-state index is 13.5. The predicted molar refractivity (Wildman–Crippen MR) is 156 cm³/mol. The van der Waals surface area contributed by atoms with Gasteiger partial charge in [0.25, 0.3) is 10.0 Å². The summed E-state index contributed by atoms with van der Waals surface area (Å²) in [4.78, 5) is 22.0. The summed E-state index contributed by atoms with van der Waals surface area (Å²) < 4.78 is 28.4. The Kier molecular flexibility index (Phi) is 7.48. The van der Waals surface area contributed by atoms with Crippen molar-refractivity contribution in [1.82, 2.24) is 24.6 Å². The van der Waals surface area contributed by atoms with Crippen molar-refractivity contribution in [3.8, 4) is 11.3 Å². The lowest BCUT2D eigenvalue weighted by molar-refractivity contribution is -0.123. The van der Waals surface area contributed by atoms with Gasteiger partial charge in [0.1, 0.15) is 0 Å². The smallest absolute Gasteiger partial charge is 0.268 e. The van der Waals surface area contributed by atoms with E-state index in [0.29, 0.717) is 27.7 Å². The van der Waals surface area contributed by atoms with Crippen LogP contribution in [0.4, 0.5) is 5.95 Å². The highest BCUT2D eigenvalue weighted by molar-refractivity contribution is 7.90. The number of anilines is 1. The maximum absolute atomic E-state index is 13.5. The fraction of sp³-hybridized carbons (Fsp3) is 0.345. The Labute approximate surface area is 238 Å². The van der Waals surface area contributed by atoms with E-state index in [4.69, 9.17) is 16.6 Å². The minimum Gasteiger partial charge on any atom is -0.352 e. The second-order valence-corrected chi connectivity index (χ2v) is 12.6. The van der Waals surface area contributed by atoms with Gasteiger partial charge in [-0.15, -0.1) is 0 Å². The molecule has 3 N–H and O–H groups in total. The average molecular weight is 579 g/mol.